The Kier molecular flexibility index (Phi) is 5.26. The minimum atomic E-state index is -0.746. The molecule has 0 bridgehead atoms. The van der Waals surface area contributed by atoms with Crippen LogP contribution in [0.3, 0.4) is 0 Å². The molecule has 1 saturated carbocycles. The SMILES string of the molecule is CC(NC1CCCC(C(C)C)CC1)C(=O)O. The Morgan fingerprint density at radius 3 is 2.44 bits per heavy atom. The molecule has 0 aromatic carbocycles. The molecule has 0 spiro atoms. The molecule has 1 aliphatic carbocycles. The first-order chi connectivity index (χ1) is 7.50. The topological polar surface area (TPSA) is 49.3 Å². The average molecular weight is 227 g/mol. The van der Waals surface area contributed by atoms with Crippen molar-refractivity contribution >= 4 is 5.97 Å². The van der Waals surface area contributed by atoms with Crippen LogP contribution in [0.2, 0.25) is 0 Å². The van der Waals surface area contributed by atoms with Crippen molar-refractivity contribution in [2.45, 2.75) is 65.0 Å². The van der Waals surface area contributed by atoms with E-state index in [2.05, 4.69) is 19.2 Å². The summed E-state index contributed by atoms with van der Waals surface area (Å²) in [5, 5.41) is 12.1. The number of hydrogen-bond donors (Lipinski definition) is 2. The second kappa shape index (κ2) is 6.24. The molecule has 94 valence electrons. The summed E-state index contributed by atoms with van der Waals surface area (Å²) in [6.07, 6.45) is 6.02. The van der Waals surface area contributed by atoms with E-state index in [1.165, 1.54) is 19.3 Å². The van der Waals surface area contributed by atoms with Gasteiger partial charge in [0, 0.05) is 6.04 Å². The quantitative estimate of drug-likeness (QED) is 0.726. The van der Waals surface area contributed by atoms with Crippen molar-refractivity contribution in [3.8, 4) is 0 Å². The van der Waals surface area contributed by atoms with E-state index < -0.39 is 12.0 Å². The summed E-state index contributed by atoms with van der Waals surface area (Å²) < 4.78 is 0. The summed E-state index contributed by atoms with van der Waals surface area (Å²) in [6.45, 7) is 6.31. The van der Waals surface area contributed by atoms with E-state index >= 15 is 0 Å². The minimum Gasteiger partial charge on any atom is -0.480 e. The van der Waals surface area contributed by atoms with Crippen molar-refractivity contribution in [2.24, 2.45) is 11.8 Å². The van der Waals surface area contributed by atoms with Crippen LogP contribution in [0.15, 0.2) is 0 Å². The molecular weight excluding hydrogens is 202 g/mol. The first-order valence-corrected chi connectivity index (χ1v) is 6.49. The Morgan fingerprint density at radius 1 is 1.19 bits per heavy atom. The lowest BCUT2D eigenvalue weighted by atomic mass is 9.89. The van der Waals surface area contributed by atoms with Gasteiger partial charge < -0.3 is 10.4 Å². The van der Waals surface area contributed by atoms with Gasteiger partial charge in [0.15, 0.2) is 0 Å². The monoisotopic (exact) mass is 227 g/mol. The second-order valence-electron chi connectivity index (χ2n) is 5.44. The zero-order valence-electron chi connectivity index (χ0n) is 10.7. The first kappa shape index (κ1) is 13.5. The Morgan fingerprint density at radius 2 is 1.88 bits per heavy atom. The molecule has 3 heteroatoms. The number of aliphatic carboxylic acids is 1. The Bertz CT molecular complexity index is 228. The van der Waals surface area contributed by atoms with Crippen LogP contribution in [0, 0.1) is 11.8 Å². The predicted octanol–water partition coefficient (Wildman–Crippen LogP) is 2.65. The predicted molar refractivity (Wildman–Crippen MR) is 65.4 cm³/mol. The van der Waals surface area contributed by atoms with Crippen molar-refractivity contribution in [3.05, 3.63) is 0 Å². The maximum atomic E-state index is 10.8. The molecule has 0 saturated heterocycles. The lowest BCUT2D eigenvalue weighted by Crippen LogP contribution is -2.41. The van der Waals surface area contributed by atoms with Crippen LogP contribution in [0.25, 0.3) is 0 Å². The molecule has 0 radical (unpaired) electrons. The largest absolute Gasteiger partial charge is 0.480 e. The molecule has 0 heterocycles. The van der Waals surface area contributed by atoms with E-state index in [4.69, 9.17) is 5.11 Å². The highest BCUT2D eigenvalue weighted by atomic mass is 16.4. The number of carboxylic acid groups (broad SMARTS) is 1. The maximum absolute atomic E-state index is 10.8. The molecule has 0 aromatic rings. The lowest BCUT2D eigenvalue weighted by molar-refractivity contribution is -0.139. The summed E-state index contributed by atoms with van der Waals surface area (Å²) in [5.41, 5.74) is 0. The van der Waals surface area contributed by atoms with E-state index in [9.17, 15) is 4.79 Å². The number of nitrogens with one attached hydrogen (secondary N) is 1. The first-order valence-electron chi connectivity index (χ1n) is 6.49. The molecule has 1 rings (SSSR count). The van der Waals surface area contributed by atoms with Gasteiger partial charge >= 0.3 is 5.97 Å². The number of carbonyl (C=O) groups is 1. The molecule has 2 N–H and O–H groups in total. The third-order valence-electron chi connectivity index (χ3n) is 3.81. The average Bonchev–Trinajstić information content (AvgIpc) is 2.43. The van der Waals surface area contributed by atoms with Crippen molar-refractivity contribution < 1.29 is 9.90 Å². The highest BCUT2D eigenvalue weighted by Crippen LogP contribution is 2.28. The highest BCUT2D eigenvalue weighted by Gasteiger charge is 2.23. The van der Waals surface area contributed by atoms with Gasteiger partial charge in [0.05, 0.1) is 0 Å². The van der Waals surface area contributed by atoms with Crippen LogP contribution in [-0.4, -0.2) is 23.2 Å². The minimum absolute atomic E-state index is 0.398. The lowest BCUT2D eigenvalue weighted by Gasteiger charge is -2.20. The van der Waals surface area contributed by atoms with E-state index in [0.717, 1.165) is 24.7 Å². The fourth-order valence-electron chi connectivity index (χ4n) is 2.59. The molecule has 16 heavy (non-hydrogen) atoms. The van der Waals surface area contributed by atoms with Crippen molar-refractivity contribution in [3.63, 3.8) is 0 Å². The summed E-state index contributed by atoms with van der Waals surface area (Å²) in [6, 6.07) is -0.0181. The van der Waals surface area contributed by atoms with Gasteiger partial charge in [-0.05, 0) is 38.0 Å². The van der Waals surface area contributed by atoms with E-state index in [1.807, 2.05) is 0 Å². The summed E-state index contributed by atoms with van der Waals surface area (Å²) >= 11 is 0. The highest BCUT2D eigenvalue weighted by molar-refractivity contribution is 5.72. The zero-order valence-corrected chi connectivity index (χ0v) is 10.7. The molecule has 3 nitrogen and oxygen atoms in total. The number of carboxylic acids is 1. The van der Waals surface area contributed by atoms with E-state index in [1.54, 1.807) is 6.92 Å². The van der Waals surface area contributed by atoms with Gasteiger partial charge in [-0.3, -0.25) is 4.79 Å². The maximum Gasteiger partial charge on any atom is 0.320 e. The van der Waals surface area contributed by atoms with Gasteiger partial charge in [0.25, 0.3) is 0 Å². The molecule has 0 aromatic heterocycles. The normalized spacial score (nSPS) is 28.8. The smallest absolute Gasteiger partial charge is 0.320 e. The molecular formula is C13H25NO2. The molecule has 3 unspecified atom stereocenters. The fourth-order valence-corrected chi connectivity index (χ4v) is 2.59. The molecule has 0 aliphatic heterocycles. The molecule has 0 amide bonds. The molecule has 1 fully saturated rings. The van der Waals surface area contributed by atoms with E-state index in [0.29, 0.717) is 6.04 Å². The molecule has 3 atom stereocenters. The third-order valence-corrected chi connectivity index (χ3v) is 3.81. The summed E-state index contributed by atoms with van der Waals surface area (Å²) in [7, 11) is 0. The summed E-state index contributed by atoms with van der Waals surface area (Å²) in [4.78, 5) is 10.8. The van der Waals surface area contributed by atoms with Crippen molar-refractivity contribution in [2.75, 3.05) is 0 Å². The van der Waals surface area contributed by atoms with Crippen LogP contribution in [0.1, 0.15) is 52.9 Å². The van der Waals surface area contributed by atoms with Crippen LogP contribution in [0.5, 0.6) is 0 Å². The Hall–Kier alpha value is -0.570. The fraction of sp³-hybridized carbons (Fsp3) is 0.923. The van der Waals surface area contributed by atoms with E-state index in [-0.39, 0.29) is 0 Å². The summed E-state index contributed by atoms with van der Waals surface area (Å²) in [5.74, 6) is 0.840. The van der Waals surface area contributed by atoms with Gasteiger partial charge in [-0.15, -0.1) is 0 Å². The Labute approximate surface area is 98.6 Å². The number of hydrogen-bond acceptors (Lipinski definition) is 2. The van der Waals surface area contributed by atoms with Gasteiger partial charge in [-0.25, -0.2) is 0 Å². The van der Waals surface area contributed by atoms with Crippen LogP contribution in [-0.2, 0) is 4.79 Å². The van der Waals surface area contributed by atoms with Gasteiger partial charge in [0.2, 0.25) is 0 Å². The standard InChI is InChI=1S/C13H25NO2/c1-9(2)11-5-4-6-12(8-7-11)14-10(3)13(15)16/h9-12,14H,4-8H2,1-3H3,(H,15,16). The van der Waals surface area contributed by atoms with Crippen LogP contribution in [0.4, 0.5) is 0 Å². The van der Waals surface area contributed by atoms with Crippen molar-refractivity contribution in [1.82, 2.24) is 5.32 Å². The number of rotatable bonds is 4. The van der Waals surface area contributed by atoms with Gasteiger partial charge in [-0.1, -0.05) is 26.7 Å². The van der Waals surface area contributed by atoms with Crippen LogP contribution >= 0.6 is 0 Å². The van der Waals surface area contributed by atoms with Crippen LogP contribution < -0.4 is 5.32 Å². The molecule has 1 aliphatic rings. The van der Waals surface area contributed by atoms with Crippen molar-refractivity contribution in [1.29, 1.82) is 0 Å². The van der Waals surface area contributed by atoms with Gasteiger partial charge in [-0.2, -0.15) is 0 Å². The third kappa shape index (κ3) is 4.12. The zero-order chi connectivity index (χ0) is 12.1. The Balaban J connectivity index is 2.38. The second-order valence-corrected chi connectivity index (χ2v) is 5.44. The van der Waals surface area contributed by atoms with Gasteiger partial charge in [0.1, 0.15) is 6.04 Å².